The van der Waals surface area contributed by atoms with Gasteiger partial charge in [0.15, 0.2) is 0 Å². The van der Waals surface area contributed by atoms with Gasteiger partial charge in [-0.25, -0.2) is 0 Å². The summed E-state index contributed by atoms with van der Waals surface area (Å²) in [5.41, 5.74) is 0. The van der Waals surface area contributed by atoms with Crippen molar-refractivity contribution in [3.8, 4) is 0 Å². The third kappa shape index (κ3) is 71.3. The molecule has 0 fully saturated rings. The van der Waals surface area contributed by atoms with Gasteiger partial charge in [0.1, 0.15) is 0 Å². The topological polar surface area (TPSA) is 12.0 Å². The van der Waals surface area contributed by atoms with E-state index in [1.54, 1.807) is 0 Å². The third-order valence-electron chi connectivity index (χ3n) is 0. The Morgan fingerprint density at radius 1 is 1.00 bits per heavy atom. The molecule has 0 aliphatic carbocycles. The van der Waals surface area contributed by atoms with Crippen LogP contribution in [0.4, 0.5) is 0 Å². The van der Waals surface area contributed by atoms with Gasteiger partial charge in [0.2, 0.25) is 0 Å². The summed E-state index contributed by atoms with van der Waals surface area (Å²) < 4.78 is 0. The summed E-state index contributed by atoms with van der Waals surface area (Å²) in [4.78, 5) is 0. The molecule has 0 spiro atoms. The molecule has 8 heavy (non-hydrogen) atoms. The van der Waals surface area contributed by atoms with E-state index < -0.39 is 9.49 Å². The first-order valence-electron chi connectivity index (χ1n) is 1.76. The molecule has 1 nitrogen and oxygen atoms in total. The number of halogens is 4. The summed E-state index contributed by atoms with van der Waals surface area (Å²) in [6.07, 6.45) is 0. The Bertz CT molecular complexity index is 37.8. The van der Waals surface area contributed by atoms with Crippen molar-refractivity contribution in [2.24, 2.45) is 0 Å². The zero-order valence-electron chi connectivity index (χ0n) is 4.51. The standard InChI is InChI=1S/C2H7N.4BrH.Sn/c1-3-2;;;;;/h3H,1-2H3;4*1H;/q;;;;;+4/p-4. The van der Waals surface area contributed by atoms with E-state index in [-0.39, 0.29) is 0 Å². The van der Waals surface area contributed by atoms with Crippen LogP contribution in [0.25, 0.3) is 0 Å². The summed E-state index contributed by atoms with van der Waals surface area (Å²) in [6.45, 7) is 0. The van der Waals surface area contributed by atoms with E-state index in [2.05, 4.69) is 56.1 Å². The maximum atomic E-state index is 3.34. The van der Waals surface area contributed by atoms with Crippen LogP contribution < -0.4 is 5.32 Å². The van der Waals surface area contributed by atoms with E-state index in [4.69, 9.17) is 0 Å². The molecule has 0 aromatic rings. The first-order valence-corrected chi connectivity index (χ1v) is 27.3. The number of hydrogen-bond donors (Lipinski definition) is 1. The molecule has 0 aliphatic heterocycles. The molecule has 0 rings (SSSR count). The van der Waals surface area contributed by atoms with Gasteiger partial charge in [-0.05, 0) is 14.1 Å². The van der Waals surface area contributed by atoms with Crippen LogP contribution in [0.1, 0.15) is 0 Å². The van der Waals surface area contributed by atoms with Gasteiger partial charge in [-0.1, -0.05) is 0 Å². The quantitative estimate of drug-likeness (QED) is 0.523. The third-order valence-corrected chi connectivity index (χ3v) is 0. The van der Waals surface area contributed by atoms with Gasteiger partial charge >= 0.3 is 60.3 Å². The van der Waals surface area contributed by atoms with E-state index in [0.29, 0.717) is 0 Å². The first-order chi connectivity index (χ1) is 3.41. The predicted molar refractivity (Wildman–Crippen MR) is 56.4 cm³/mol. The average molecular weight is 483 g/mol. The van der Waals surface area contributed by atoms with Gasteiger partial charge in [0.05, 0.1) is 0 Å². The molecule has 0 saturated heterocycles. The van der Waals surface area contributed by atoms with E-state index in [1.165, 1.54) is 0 Å². The van der Waals surface area contributed by atoms with Gasteiger partial charge < -0.3 is 5.32 Å². The van der Waals surface area contributed by atoms with Crippen LogP contribution in [0.2, 0.25) is 0 Å². The van der Waals surface area contributed by atoms with Gasteiger partial charge in [-0.15, -0.1) is 0 Å². The molecule has 0 aromatic carbocycles. The second kappa shape index (κ2) is 7.78. The average Bonchev–Trinajstić information content (AvgIpc) is 1.27. The molecule has 0 amide bonds. The molecule has 0 aliphatic rings. The van der Waals surface area contributed by atoms with E-state index in [0.717, 1.165) is 0 Å². The van der Waals surface area contributed by atoms with Crippen LogP contribution in [0.5, 0.6) is 0 Å². The summed E-state index contributed by atoms with van der Waals surface area (Å²) >= 11 is 13.3. The van der Waals surface area contributed by atoms with E-state index >= 15 is 0 Å². The van der Waals surface area contributed by atoms with E-state index in [1.807, 2.05) is 14.1 Å². The molecular formula is C2H7Br4NSn. The molecule has 6 heteroatoms. The summed E-state index contributed by atoms with van der Waals surface area (Å²) in [5, 5.41) is 2.75. The fourth-order valence-corrected chi connectivity index (χ4v) is 0. The number of nitrogens with one attached hydrogen (secondary N) is 1. The Balaban J connectivity index is 0. The summed E-state index contributed by atoms with van der Waals surface area (Å²) in [6, 6.07) is 0. The molecule has 0 radical (unpaired) electrons. The Hall–Kier alpha value is 2.68. The van der Waals surface area contributed by atoms with Crippen LogP contribution in [-0.4, -0.2) is 23.6 Å². The minimum absolute atomic E-state index is 1.88. The van der Waals surface area contributed by atoms with Crippen LogP contribution in [0, 0.1) is 0 Å². The molecule has 0 aromatic heterocycles. The zero-order valence-corrected chi connectivity index (χ0v) is 13.7. The van der Waals surface area contributed by atoms with Crippen molar-refractivity contribution in [3.05, 3.63) is 0 Å². The van der Waals surface area contributed by atoms with Gasteiger partial charge in [0, 0.05) is 0 Å². The summed E-state index contributed by atoms with van der Waals surface area (Å²) in [7, 11) is 1.82. The Labute approximate surface area is 78.3 Å². The fraction of sp³-hybridized carbons (Fsp3) is 1.00. The Kier molecular flexibility index (Phi) is 12.9. The van der Waals surface area contributed by atoms with Crippen molar-refractivity contribution >= 4 is 60.3 Å². The molecule has 0 bridgehead atoms. The van der Waals surface area contributed by atoms with Crippen molar-refractivity contribution < 1.29 is 0 Å². The van der Waals surface area contributed by atoms with E-state index in [9.17, 15) is 0 Å². The first kappa shape index (κ1) is 13.3. The van der Waals surface area contributed by atoms with Crippen molar-refractivity contribution in [3.63, 3.8) is 0 Å². The van der Waals surface area contributed by atoms with Crippen LogP contribution >= 0.6 is 50.8 Å². The van der Waals surface area contributed by atoms with Crippen LogP contribution in [0.15, 0.2) is 0 Å². The van der Waals surface area contributed by atoms with Crippen molar-refractivity contribution in [1.29, 1.82) is 0 Å². The maximum absolute atomic E-state index is 3.34. The van der Waals surface area contributed by atoms with Crippen molar-refractivity contribution in [2.45, 2.75) is 0 Å². The molecule has 1 N–H and O–H groups in total. The van der Waals surface area contributed by atoms with Gasteiger partial charge in [0.25, 0.3) is 0 Å². The van der Waals surface area contributed by atoms with Crippen LogP contribution in [0.3, 0.4) is 0 Å². The van der Waals surface area contributed by atoms with Crippen molar-refractivity contribution in [2.75, 3.05) is 14.1 Å². The Morgan fingerprint density at radius 3 is 1.00 bits per heavy atom. The zero-order chi connectivity index (χ0) is 7.21. The number of hydrogen-bond acceptors (Lipinski definition) is 1. The van der Waals surface area contributed by atoms with Gasteiger partial charge in [-0.2, -0.15) is 0 Å². The second-order valence-electron chi connectivity index (χ2n) is 0.929. The molecular weight excluding hydrogens is 476 g/mol. The Morgan fingerprint density at radius 2 is 1.00 bits per heavy atom. The molecule has 0 atom stereocenters. The molecule has 0 unspecified atom stereocenters. The molecule has 0 heterocycles. The molecule has 52 valence electrons. The fourth-order valence-electron chi connectivity index (χ4n) is 0. The summed E-state index contributed by atoms with van der Waals surface area (Å²) in [5.74, 6) is 0. The monoisotopic (exact) mass is 481 g/mol. The van der Waals surface area contributed by atoms with Crippen LogP contribution in [-0.2, 0) is 0 Å². The SMILES string of the molecule is CNC.[Br][Sn]([Br])([Br])[Br]. The normalized spacial score (nSPS) is 9.75. The molecule has 0 saturated carbocycles. The number of rotatable bonds is 0. The van der Waals surface area contributed by atoms with Gasteiger partial charge in [-0.3, -0.25) is 0 Å². The predicted octanol–water partition coefficient (Wildman–Crippen LogP) is 2.84. The minimum atomic E-state index is -1.93. The van der Waals surface area contributed by atoms with Crippen molar-refractivity contribution in [1.82, 2.24) is 5.32 Å². The second-order valence-corrected chi connectivity index (χ2v) is 78.1.